The average molecular weight is 489 g/mol. The van der Waals surface area contributed by atoms with Gasteiger partial charge in [-0.15, -0.1) is 0 Å². The molecular formula is C30H37N2O2P. The molecule has 2 heterocycles. The van der Waals surface area contributed by atoms with E-state index < -0.39 is 7.92 Å². The van der Waals surface area contributed by atoms with Crippen molar-refractivity contribution in [2.24, 2.45) is 0 Å². The van der Waals surface area contributed by atoms with Crippen LogP contribution in [0, 0.1) is 0 Å². The van der Waals surface area contributed by atoms with Crippen LogP contribution in [-0.4, -0.2) is 52.6 Å². The van der Waals surface area contributed by atoms with E-state index in [2.05, 4.69) is 88.7 Å². The summed E-state index contributed by atoms with van der Waals surface area (Å²) in [5, 5.41) is 4.27. The van der Waals surface area contributed by atoms with Crippen LogP contribution >= 0.6 is 7.92 Å². The molecule has 4 nitrogen and oxygen atoms in total. The molecule has 184 valence electrons. The summed E-state index contributed by atoms with van der Waals surface area (Å²) in [6.45, 7) is 3.74. The number of para-hydroxylation sites is 2. The number of ether oxygens (including phenoxy) is 2. The first-order valence-corrected chi connectivity index (χ1v) is 14.2. The molecule has 35 heavy (non-hydrogen) atoms. The Labute approximate surface area is 211 Å². The van der Waals surface area contributed by atoms with Crippen molar-refractivity contribution in [1.29, 1.82) is 0 Å². The zero-order valence-corrected chi connectivity index (χ0v) is 21.9. The Balaban J connectivity index is 1.64. The van der Waals surface area contributed by atoms with Crippen molar-refractivity contribution in [2.45, 2.75) is 37.8 Å². The fraction of sp³-hybridized carbons (Fsp3) is 0.400. The van der Waals surface area contributed by atoms with Crippen LogP contribution in [0.25, 0.3) is 0 Å². The topological polar surface area (TPSA) is 24.9 Å². The van der Waals surface area contributed by atoms with Crippen LogP contribution in [-0.2, 0) is 9.47 Å². The third kappa shape index (κ3) is 5.11. The highest BCUT2D eigenvalue weighted by molar-refractivity contribution is 7.80. The second-order valence-electron chi connectivity index (χ2n) is 9.54. The largest absolute Gasteiger partial charge is 0.383 e. The van der Waals surface area contributed by atoms with Gasteiger partial charge in [0.15, 0.2) is 0 Å². The molecule has 0 saturated carbocycles. The van der Waals surface area contributed by atoms with Crippen LogP contribution in [0.4, 0.5) is 11.4 Å². The van der Waals surface area contributed by atoms with E-state index in [0.717, 1.165) is 26.3 Å². The molecule has 5 heteroatoms. The Hall–Kier alpha value is -2.39. The highest BCUT2D eigenvalue weighted by atomic mass is 31.1. The van der Waals surface area contributed by atoms with Crippen molar-refractivity contribution in [3.63, 3.8) is 0 Å². The molecule has 2 fully saturated rings. The van der Waals surface area contributed by atoms with Crippen molar-refractivity contribution in [3.05, 3.63) is 78.9 Å². The molecule has 2 atom stereocenters. The molecule has 0 radical (unpaired) electrons. The van der Waals surface area contributed by atoms with Crippen molar-refractivity contribution in [2.75, 3.05) is 50.3 Å². The maximum Gasteiger partial charge on any atom is 0.0666 e. The number of nitrogens with zero attached hydrogens (tertiary/aromatic N) is 2. The van der Waals surface area contributed by atoms with Gasteiger partial charge in [0.2, 0.25) is 0 Å². The smallest absolute Gasteiger partial charge is 0.0666 e. The van der Waals surface area contributed by atoms with Gasteiger partial charge in [-0.3, -0.25) is 0 Å². The molecule has 0 aliphatic carbocycles. The lowest BCUT2D eigenvalue weighted by Crippen LogP contribution is -2.38. The molecule has 2 aliphatic rings. The summed E-state index contributed by atoms with van der Waals surface area (Å²) in [4.78, 5) is 5.20. The zero-order chi connectivity index (χ0) is 24.0. The first-order valence-electron chi connectivity index (χ1n) is 12.9. The van der Waals surface area contributed by atoms with Crippen molar-refractivity contribution >= 4 is 35.2 Å². The van der Waals surface area contributed by atoms with Gasteiger partial charge in [-0.05, 0) is 51.0 Å². The van der Waals surface area contributed by atoms with Crippen LogP contribution in [0.5, 0.6) is 0 Å². The predicted octanol–water partition coefficient (Wildman–Crippen LogP) is 4.68. The van der Waals surface area contributed by atoms with Gasteiger partial charge in [-0.2, -0.15) is 0 Å². The third-order valence-corrected chi connectivity index (χ3v) is 9.89. The Kier molecular flexibility index (Phi) is 8.03. The lowest BCUT2D eigenvalue weighted by atomic mass is 10.2. The molecule has 0 spiro atoms. The van der Waals surface area contributed by atoms with E-state index in [1.54, 1.807) is 0 Å². The van der Waals surface area contributed by atoms with Gasteiger partial charge < -0.3 is 19.3 Å². The second kappa shape index (κ2) is 11.6. The standard InChI is InChI=1S/C30H37N2O2P/c1-33-22-24-12-10-20-31(24)27-16-6-8-18-29(27)35(26-14-4-3-5-15-26)30-19-9-7-17-28(30)32-21-11-13-25(32)23-34-2/h3-9,14-19,24-25H,10-13,20-23H2,1-2H3/t24-,25-/m0/s1. The quantitative estimate of drug-likeness (QED) is 0.409. The van der Waals surface area contributed by atoms with Crippen molar-refractivity contribution < 1.29 is 9.47 Å². The Morgan fingerprint density at radius 3 is 1.60 bits per heavy atom. The number of methoxy groups -OCH3 is 2. The van der Waals surface area contributed by atoms with Gasteiger partial charge in [0.25, 0.3) is 0 Å². The van der Waals surface area contributed by atoms with E-state index in [0.29, 0.717) is 12.1 Å². The van der Waals surface area contributed by atoms with E-state index in [1.165, 1.54) is 53.0 Å². The van der Waals surface area contributed by atoms with Crippen molar-refractivity contribution in [3.8, 4) is 0 Å². The third-order valence-electron chi connectivity index (χ3n) is 7.35. The summed E-state index contributed by atoms with van der Waals surface area (Å²) in [6.07, 6.45) is 4.81. The predicted molar refractivity (Wildman–Crippen MR) is 150 cm³/mol. The lowest BCUT2D eigenvalue weighted by molar-refractivity contribution is 0.181. The maximum absolute atomic E-state index is 5.61. The maximum atomic E-state index is 5.61. The highest BCUT2D eigenvalue weighted by Crippen LogP contribution is 2.42. The first kappa shape index (κ1) is 24.3. The van der Waals surface area contributed by atoms with Crippen LogP contribution in [0.1, 0.15) is 25.7 Å². The SMILES string of the molecule is COC[C@@H]1CCCN1c1ccccc1P(c1ccccc1)c1ccccc1N1CCC[C@H]1COC. The van der Waals surface area contributed by atoms with Gasteiger partial charge in [0.1, 0.15) is 0 Å². The molecule has 0 unspecified atom stereocenters. The minimum atomic E-state index is -0.741. The molecule has 0 amide bonds. The van der Waals surface area contributed by atoms with Gasteiger partial charge in [-0.1, -0.05) is 66.7 Å². The van der Waals surface area contributed by atoms with Gasteiger partial charge in [-0.25, -0.2) is 0 Å². The van der Waals surface area contributed by atoms with E-state index in [9.17, 15) is 0 Å². The van der Waals surface area contributed by atoms with E-state index in [-0.39, 0.29) is 0 Å². The zero-order valence-electron chi connectivity index (χ0n) is 21.0. The number of rotatable bonds is 9. The van der Waals surface area contributed by atoms with E-state index in [4.69, 9.17) is 9.47 Å². The molecular weight excluding hydrogens is 451 g/mol. The van der Waals surface area contributed by atoms with E-state index >= 15 is 0 Å². The first-order chi connectivity index (χ1) is 17.3. The minimum absolute atomic E-state index is 0.439. The van der Waals surface area contributed by atoms with Gasteiger partial charge in [0.05, 0.1) is 25.3 Å². The lowest BCUT2D eigenvalue weighted by Gasteiger charge is -2.34. The van der Waals surface area contributed by atoms with Crippen LogP contribution in [0.15, 0.2) is 78.9 Å². The number of anilines is 2. The summed E-state index contributed by atoms with van der Waals surface area (Å²) in [7, 11) is 2.90. The van der Waals surface area contributed by atoms with E-state index in [1.807, 2.05) is 14.2 Å². The monoisotopic (exact) mass is 488 g/mol. The van der Waals surface area contributed by atoms with Crippen LogP contribution < -0.4 is 25.7 Å². The normalized spacial score (nSPS) is 20.2. The highest BCUT2D eigenvalue weighted by Gasteiger charge is 2.32. The summed E-state index contributed by atoms with van der Waals surface area (Å²) in [5.41, 5.74) is 2.73. The van der Waals surface area contributed by atoms with Gasteiger partial charge >= 0.3 is 0 Å². The Morgan fingerprint density at radius 2 is 1.11 bits per heavy atom. The number of hydrogen-bond donors (Lipinski definition) is 0. The van der Waals surface area contributed by atoms with Crippen LogP contribution in [0.2, 0.25) is 0 Å². The Morgan fingerprint density at radius 1 is 0.657 bits per heavy atom. The summed E-state index contributed by atoms with van der Waals surface area (Å²) < 4.78 is 11.2. The second-order valence-corrected chi connectivity index (χ2v) is 11.7. The molecule has 5 rings (SSSR count). The molecule has 0 aromatic heterocycles. The fourth-order valence-electron chi connectivity index (χ4n) is 5.81. The molecule has 0 N–H and O–H groups in total. The van der Waals surface area contributed by atoms with Crippen molar-refractivity contribution in [1.82, 2.24) is 0 Å². The summed E-state index contributed by atoms with van der Waals surface area (Å²) in [6, 6.07) is 30.2. The van der Waals surface area contributed by atoms with Gasteiger partial charge in [0, 0.05) is 49.3 Å². The average Bonchev–Trinajstić information content (AvgIpc) is 3.56. The molecule has 2 saturated heterocycles. The number of hydrogen-bond acceptors (Lipinski definition) is 4. The number of benzene rings is 3. The molecule has 0 bridgehead atoms. The summed E-state index contributed by atoms with van der Waals surface area (Å²) >= 11 is 0. The Bertz CT molecular complexity index is 1020. The minimum Gasteiger partial charge on any atom is -0.383 e. The molecule has 2 aliphatic heterocycles. The van der Waals surface area contributed by atoms with Crippen LogP contribution in [0.3, 0.4) is 0 Å². The molecule has 3 aromatic rings. The molecule has 3 aromatic carbocycles. The summed E-state index contributed by atoms with van der Waals surface area (Å²) in [5.74, 6) is 0. The fourth-order valence-corrected chi connectivity index (χ4v) is 8.43.